The number of hydrogen-bond acceptors (Lipinski definition) is 3. The van der Waals surface area contributed by atoms with Crippen molar-refractivity contribution in [2.45, 2.75) is 32.4 Å². The number of ether oxygens (including phenoxy) is 2. The summed E-state index contributed by atoms with van der Waals surface area (Å²) in [6.07, 6.45) is 2.33. The van der Waals surface area contributed by atoms with Gasteiger partial charge in [0.05, 0.1) is 13.2 Å². The minimum Gasteiger partial charge on any atom is -0.380 e. The lowest BCUT2D eigenvalue weighted by atomic mass is 10.1. The maximum Gasteiger partial charge on any atom is 0.0736 e. The van der Waals surface area contributed by atoms with Crippen LogP contribution in [-0.4, -0.2) is 25.9 Å². The van der Waals surface area contributed by atoms with Gasteiger partial charge < -0.3 is 14.8 Å². The minimum absolute atomic E-state index is 0.437. The molecule has 2 rings (SSSR count). The van der Waals surface area contributed by atoms with E-state index in [1.807, 2.05) is 6.92 Å². The molecule has 0 bridgehead atoms. The molecule has 1 aromatic rings. The van der Waals surface area contributed by atoms with Gasteiger partial charge in [-0.1, -0.05) is 18.2 Å². The molecule has 0 saturated carbocycles. The number of benzene rings is 1. The molecule has 1 atom stereocenters. The van der Waals surface area contributed by atoms with Gasteiger partial charge in [-0.3, -0.25) is 0 Å². The molecule has 1 N–H and O–H groups in total. The second-order valence-electron chi connectivity index (χ2n) is 4.35. The van der Waals surface area contributed by atoms with E-state index in [0.29, 0.717) is 12.6 Å². The third-order valence-corrected chi connectivity index (χ3v) is 3.00. The van der Waals surface area contributed by atoms with Crippen LogP contribution in [0.4, 0.5) is 5.69 Å². The van der Waals surface area contributed by atoms with E-state index >= 15 is 0 Å². The zero-order valence-corrected chi connectivity index (χ0v) is 10.4. The predicted molar refractivity (Wildman–Crippen MR) is 69.2 cm³/mol. The van der Waals surface area contributed by atoms with E-state index in [1.54, 1.807) is 0 Å². The van der Waals surface area contributed by atoms with E-state index in [0.717, 1.165) is 26.2 Å². The number of nitrogens with one attached hydrogen (secondary N) is 1. The van der Waals surface area contributed by atoms with Crippen molar-refractivity contribution in [3.8, 4) is 0 Å². The molecule has 94 valence electrons. The first-order valence-electron chi connectivity index (χ1n) is 6.40. The summed E-state index contributed by atoms with van der Waals surface area (Å²) in [6, 6.07) is 8.77. The molecule has 17 heavy (non-hydrogen) atoms. The van der Waals surface area contributed by atoms with Crippen LogP contribution in [0.15, 0.2) is 24.3 Å². The summed E-state index contributed by atoms with van der Waals surface area (Å²) in [5.41, 5.74) is 2.40. The smallest absolute Gasteiger partial charge is 0.0736 e. The van der Waals surface area contributed by atoms with Crippen LogP contribution >= 0.6 is 0 Å². The quantitative estimate of drug-likeness (QED) is 0.851. The van der Waals surface area contributed by atoms with Crippen molar-refractivity contribution in [2.24, 2.45) is 0 Å². The molecule has 1 heterocycles. The van der Waals surface area contributed by atoms with E-state index < -0.39 is 0 Å². The summed E-state index contributed by atoms with van der Waals surface area (Å²) >= 11 is 0. The average molecular weight is 235 g/mol. The normalized spacial score (nSPS) is 20.2. The Hall–Kier alpha value is -1.06. The summed E-state index contributed by atoms with van der Waals surface area (Å²) < 4.78 is 11.0. The van der Waals surface area contributed by atoms with E-state index in [-0.39, 0.29) is 0 Å². The first-order chi connectivity index (χ1) is 8.40. The second-order valence-corrected chi connectivity index (χ2v) is 4.35. The zero-order chi connectivity index (χ0) is 11.9. The van der Waals surface area contributed by atoms with Crippen molar-refractivity contribution in [3.05, 3.63) is 29.8 Å². The van der Waals surface area contributed by atoms with Gasteiger partial charge in [-0.2, -0.15) is 0 Å². The van der Waals surface area contributed by atoms with Crippen LogP contribution in [0.25, 0.3) is 0 Å². The molecule has 1 aromatic carbocycles. The standard InChI is InChI=1S/C14H21NO2/c1-2-16-10-12-6-3-4-8-14(12)15-13-7-5-9-17-11-13/h3-4,6,8,13,15H,2,5,7,9-11H2,1H3. The first-order valence-corrected chi connectivity index (χ1v) is 6.40. The summed E-state index contributed by atoms with van der Waals surface area (Å²) in [6.45, 7) is 5.15. The van der Waals surface area contributed by atoms with Crippen LogP contribution in [0.5, 0.6) is 0 Å². The third kappa shape index (κ3) is 3.72. The van der Waals surface area contributed by atoms with Crippen LogP contribution in [0.3, 0.4) is 0 Å². The van der Waals surface area contributed by atoms with Gasteiger partial charge in [-0.05, 0) is 25.8 Å². The van der Waals surface area contributed by atoms with Gasteiger partial charge in [0, 0.05) is 30.5 Å². The molecule has 0 amide bonds. The Labute approximate surface area is 103 Å². The predicted octanol–water partition coefficient (Wildman–Crippen LogP) is 2.81. The van der Waals surface area contributed by atoms with Gasteiger partial charge in [0.1, 0.15) is 0 Å². The van der Waals surface area contributed by atoms with Crippen LogP contribution in [0, 0.1) is 0 Å². The molecule has 0 spiro atoms. The number of anilines is 1. The lowest BCUT2D eigenvalue weighted by Crippen LogP contribution is -2.30. The van der Waals surface area contributed by atoms with Crippen molar-refractivity contribution in [2.75, 3.05) is 25.1 Å². The Balaban J connectivity index is 1.98. The highest BCUT2D eigenvalue weighted by Gasteiger charge is 2.14. The molecular weight excluding hydrogens is 214 g/mol. The summed E-state index contributed by atoms with van der Waals surface area (Å²) in [7, 11) is 0. The Morgan fingerprint density at radius 1 is 1.41 bits per heavy atom. The van der Waals surface area contributed by atoms with E-state index in [4.69, 9.17) is 9.47 Å². The average Bonchev–Trinajstić information content (AvgIpc) is 2.39. The summed E-state index contributed by atoms with van der Waals surface area (Å²) in [5, 5.41) is 3.55. The highest BCUT2D eigenvalue weighted by Crippen LogP contribution is 2.19. The van der Waals surface area contributed by atoms with E-state index in [2.05, 4.69) is 29.6 Å². The first kappa shape index (κ1) is 12.4. The highest BCUT2D eigenvalue weighted by molar-refractivity contribution is 5.51. The Morgan fingerprint density at radius 3 is 3.06 bits per heavy atom. The van der Waals surface area contributed by atoms with Crippen LogP contribution < -0.4 is 5.32 Å². The van der Waals surface area contributed by atoms with Crippen LogP contribution in [-0.2, 0) is 16.1 Å². The van der Waals surface area contributed by atoms with Crippen LogP contribution in [0.1, 0.15) is 25.3 Å². The van der Waals surface area contributed by atoms with Crippen molar-refractivity contribution in [1.82, 2.24) is 0 Å². The zero-order valence-electron chi connectivity index (χ0n) is 10.4. The van der Waals surface area contributed by atoms with E-state index in [1.165, 1.54) is 17.7 Å². The van der Waals surface area contributed by atoms with Gasteiger partial charge in [-0.25, -0.2) is 0 Å². The van der Waals surface area contributed by atoms with E-state index in [9.17, 15) is 0 Å². The topological polar surface area (TPSA) is 30.5 Å². The molecule has 1 aliphatic rings. The third-order valence-electron chi connectivity index (χ3n) is 3.00. The fourth-order valence-corrected chi connectivity index (χ4v) is 2.07. The Kier molecular flexibility index (Phi) is 4.83. The highest BCUT2D eigenvalue weighted by atomic mass is 16.5. The minimum atomic E-state index is 0.437. The fraction of sp³-hybridized carbons (Fsp3) is 0.571. The van der Waals surface area contributed by atoms with Crippen molar-refractivity contribution in [3.63, 3.8) is 0 Å². The van der Waals surface area contributed by atoms with Crippen molar-refractivity contribution < 1.29 is 9.47 Å². The Morgan fingerprint density at radius 2 is 2.29 bits per heavy atom. The molecule has 1 aliphatic heterocycles. The van der Waals surface area contributed by atoms with Crippen LogP contribution in [0.2, 0.25) is 0 Å². The van der Waals surface area contributed by atoms with Gasteiger partial charge in [-0.15, -0.1) is 0 Å². The van der Waals surface area contributed by atoms with Gasteiger partial charge in [0.15, 0.2) is 0 Å². The Bertz CT molecular complexity index is 335. The molecule has 3 nitrogen and oxygen atoms in total. The number of para-hydroxylation sites is 1. The molecular formula is C14H21NO2. The summed E-state index contributed by atoms with van der Waals surface area (Å²) in [5.74, 6) is 0. The summed E-state index contributed by atoms with van der Waals surface area (Å²) in [4.78, 5) is 0. The molecule has 0 radical (unpaired) electrons. The molecule has 1 fully saturated rings. The fourth-order valence-electron chi connectivity index (χ4n) is 2.07. The molecule has 1 unspecified atom stereocenters. The SMILES string of the molecule is CCOCc1ccccc1NC1CCCOC1. The lowest BCUT2D eigenvalue weighted by molar-refractivity contribution is 0.0874. The largest absolute Gasteiger partial charge is 0.380 e. The number of hydrogen-bond donors (Lipinski definition) is 1. The number of rotatable bonds is 5. The molecule has 0 aromatic heterocycles. The molecule has 1 saturated heterocycles. The monoisotopic (exact) mass is 235 g/mol. The molecule has 0 aliphatic carbocycles. The van der Waals surface area contributed by atoms with Crippen molar-refractivity contribution in [1.29, 1.82) is 0 Å². The van der Waals surface area contributed by atoms with Crippen molar-refractivity contribution >= 4 is 5.69 Å². The van der Waals surface area contributed by atoms with Gasteiger partial charge in [0.25, 0.3) is 0 Å². The van der Waals surface area contributed by atoms with Gasteiger partial charge in [0.2, 0.25) is 0 Å². The lowest BCUT2D eigenvalue weighted by Gasteiger charge is -2.25. The molecule has 3 heteroatoms. The second kappa shape index (κ2) is 6.62. The maximum absolute atomic E-state index is 5.48. The maximum atomic E-state index is 5.48. The van der Waals surface area contributed by atoms with Gasteiger partial charge >= 0.3 is 0 Å².